The Labute approximate surface area is 263 Å². The summed E-state index contributed by atoms with van der Waals surface area (Å²) in [5.74, 6) is 0. The maximum Gasteiger partial charge on any atom is 0.0355 e. The van der Waals surface area contributed by atoms with Crippen LogP contribution in [0.25, 0.3) is 75.5 Å². The second-order valence-corrected chi connectivity index (χ2v) is 13.1. The summed E-state index contributed by atoms with van der Waals surface area (Å²) in [5, 5.41) is 5.19. The largest absolute Gasteiger partial charge is 0.135 e. The number of rotatable bonds is 4. The SMILES string of the molecule is Ic1ccc(-c2ccc(-c3ccc4cc(-c5ccc(-c6ccc7sc8ccccc8c7c6)cc5)ccc4c3)cc2)cc1. The van der Waals surface area contributed by atoms with Crippen LogP contribution in [0.2, 0.25) is 0 Å². The molecule has 0 saturated carbocycles. The molecular weight excluding hydrogens is 639 g/mol. The van der Waals surface area contributed by atoms with Gasteiger partial charge in [-0.3, -0.25) is 0 Å². The summed E-state index contributed by atoms with van der Waals surface area (Å²) in [6, 6.07) is 55.7. The molecule has 0 spiro atoms. The first kappa shape index (κ1) is 25.5. The van der Waals surface area contributed by atoms with Crippen molar-refractivity contribution in [3.8, 4) is 44.5 Å². The Balaban J connectivity index is 1.05. The molecule has 42 heavy (non-hydrogen) atoms. The molecular formula is C40H25IS. The van der Waals surface area contributed by atoms with Crippen molar-refractivity contribution in [3.63, 3.8) is 0 Å². The van der Waals surface area contributed by atoms with E-state index in [-0.39, 0.29) is 0 Å². The molecule has 8 aromatic rings. The maximum absolute atomic E-state index is 2.35. The molecule has 0 aliphatic carbocycles. The molecule has 198 valence electrons. The van der Waals surface area contributed by atoms with Gasteiger partial charge in [0.2, 0.25) is 0 Å². The number of benzene rings is 7. The summed E-state index contributed by atoms with van der Waals surface area (Å²) in [6.45, 7) is 0. The lowest BCUT2D eigenvalue weighted by atomic mass is 9.95. The highest BCUT2D eigenvalue weighted by molar-refractivity contribution is 14.1. The van der Waals surface area contributed by atoms with E-state index >= 15 is 0 Å². The molecule has 0 aliphatic rings. The van der Waals surface area contributed by atoms with Gasteiger partial charge < -0.3 is 0 Å². The van der Waals surface area contributed by atoms with Gasteiger partial charge in [-0.2, -0.15) is 0 Å². The topological polar surface area (TPSA) is 0 Å². The fourth-order valence-corrected chi connectivity index (χ4v) is 7.31. The third kappa shape index (κ3) is 4.71. The van der Waals surface area contributed by atoms with Gasteiger partial charge in [-0.05, 0) is 120 Å². The monoisotopic (exact) mass is 664 g/mol. The standard InChI is InChI=1S/C40H25IS/c41-36-20-17-27(18-21-36)26-5-7-28(8-6-26)31-13-15-34-24-32(14-16-33(34)23-31)29-9-11-30(12-10-29)35-19-22-40-38(25-35)37-3-1-2-4-39(37)42-40/h1-25H. The second-order valence-electron chi connectivity index (χ2n) is 10.7. The molecule has 0 radical (unpaired) electrons. The number of hydrogen-bond donors (Lipinski definition) is 0. The third-order valence-electron chi connectivity index (χ3n) is 8.16. The van der Waals surface area contributed by atoms with Crippen molar-refractivity contribution in [1.82, 2.24) is 0 Å². The van der Waals surface area contributed by atoms with Gasteiger partial charge in [-0.25, -0.2) is 0 Å². The zero-order valence-electron chi connectivity index (χ0n) is 22.7. The van der Waals surface area contributed by atoms with Gasteiger partial charge in [0, 0.05) is 23.7 Å². The molecule has 0 fully saturated rings. The number of fused-ring (bicyclic) bond motifs is 4. The van der Waals surface area contributed by atoms with E-state index in [1.165, 1.54) is 79.0 Å². The second kappa shape index (κ2) is 10.5. The van der Waals surface area contributed by atoms with Crippen LogP contribution in [0.4, 0.5) is 0 Å². The fourth-order valence-electron chi connectivity index (χ4n) is 5.86. The Kier molecular flexibility index (Phi) is 6.39. The first-order valence-electron chi connectivity index (χ1n) is 14.1. The first-order valence-corrected chi connectivity index (χ1v) is 16.0. The Morgan fingerprint density at radius 2 is 0.738 bits per heavy atom. The lowest BCUT2D eigenvalue weighted by molar-refractivity contribution is 1.58. The number of halogens is 1. The highest BCUT2D eigenvalue weighted by Gasteiger charge is 2.08. The smallest absolute Gasteiger partial charge is 0.0355 e. The van der Waals surface area contributed by atoms with Gasteiger partial charge in [-0.1, -0.05) is 109 Å². The quantitative estimate of drug-likeness (QED) is 0.164. The Bertz CT molecular complexity index is 2220. The molecule has 1 aromatic heterocycles. The van der Waals surface area contributed by atoms with Crippen LogP contribution in [-0.2, 0) is 0 Å². The van der Waals surface area contributed by atoms with Crippen LogP contribution in [0.3, 0.4) is 0 Å². The van der Waals surface area contributed by atoms with Crippen molar-refractivity contribution < 1.29 is 0 Å². The summed E-state index contributed by atoms with van der Waals surface area (Å²) < 4.78 is 3.94. The predicted molar refractivity (Wildman–Crippen MR) is 191 cm³/mol. The molecule has 0 saturated heterocycles. The molecule has 2 heteroatoms. The molecule has 0 aliphatic heterocycles. The van der Waals surface area contributed by atoms with E-state index in [1.807, 2.05) is 11.3 Å². The minimum atomic E-state index is 1.23. The molecule has 7 aromatic carbocycles. The van der Waals surface area contributed by atoms with Crippen molar-refractivity contribution in [2.75, 3.05) is 0 Å². The maximum atomic E-state index is 2.35. The van der Waals surface area contributed by atoms with E-state index in [1.54, 1.807) is 0 Å². The molecule has 0 unspecified atom stereocenters. The van der Waals surface area contributed by atoms with Crippen molar-refractivity contribution in [1.29, 1.82) is 0 Å². The van der Waals surface area contributed by atoms with E-state index in [0.29, 0.717) is 0 Å². The zero-order valence-corrected chi connectivity index (χ0v) is 25.7. The van der Waals surface area contributed by atoms with Crippen LogP contribution >= 0.6 is 33.9 Å². The highest BCUT2D eigenvalue weighted by Crippen LogP contribution is 2.37. The summed E-state index contributed by atoms with van der Waals surface area (Å²) >= 11 is 4.21. The summed E-state index contributed by atoms with van der Waals surface area (Å²) in [6.07, 6.45) is 0. The lowest BCUT2D eigenvalue weighted by Gasteiger charge is -2.09. The van der Waals surface area contributed by atoms with Gasteiger partial charge in [0.05, 0.1) is 0 Å². The van der Waals surface area contributed by atoms with E-state index in [9.17, 15) is 0 Å². The van der Waals surface area contributed by atoms with Crippen LogP contribution in [0.1, 0.15) is 0 Å². The van der Waals surface area contributed by atoms with Crippen LogP contribution < -0.4 is 0 Å². The van der Waals surface area contributed by atoms with Gasteiger partial charge >= 0.3 is 0 Å². The molecule has 1 heterocycles. The minimum absolute atomic E-state index is 1.23. The van der Waals surface area contributed by atoms with Crippen LogP contribution in [0, 0.1) is 3.57 Å². The van der Waals surface area contributed by atoms with E-state index in [2.05, 4.69) is 174 Å². The van der Waals surface area contributed by atoms with E-state index < -0.39 is 0 Å². The average Bonchev–Trinajstić information content (AvgIpc) is 3.43. The van der Waals surface area contributed by atoms with Crippen molar-refractivity contribution in [2.24, 2.45) is 0 Å². The number of thiophene rings is 1. The number of hydrogen-bond acceptors (Lipinski definition) is 1. The lowest BCUT2D eigenvalue weighted by Crippen LogP contribution is -1.84. The molecule has 0 N–H and O–H groups in total. The van der Waals surface area contributed by atoms with Crippen LogP contribution in [0.5, 0.6) is 0 Å². The minimum Gasteiger partial charge on any atom is -0.135 e. The summed E-state index contributed by atoms with van der Waals surface area (Å²) in [7, 11) is 0. The van der Waals surface area contributed by atoms with Crippen molar-refractivity contribution >= 4 is 64.9 Å². The van der Waals surface area contributed by atoms with Crippen molar-refractivity contribution in [3.05, 3.63) is 155 Å². The normalized spacial score (nSPS) is 11.5. The van der Waals surface area contributed by atoms with Crippen molar-refractivity contribution in [2.45, 2.75) is 0 Å². The third-order valence-corrected chi connectivity index (χ3v) is 10.0. The summed E-state index contributed by atoms with van der Waals surface area (Å²) in [4.78, 5) is 0. The molecule has 0 nitrogen and oxygen atoms in total. The Morgan fingerprint density at radius 1 is 0.333 bits per heavy atom. The zero-order chi connectivity index (χ0) is 28.0. The predicted octanol–water partition coefficient (Wildman–Crippen LogP) is 12.5. The first-order chi connectivity index (χ1) is 20.7. The molecule has 0 amide bonds. The van der Waals surface area contributed by atoms with Crippen LogP contribution in [-0.4, -0.2) is 0 Å². The molecule has 8 rings (SSSR count). The van der Waals surface area contributed by atoms with Gasteiger partial charge in [0.1, 0.15) is 0 Å². The van der Waals surface area contributed by atoms with Gasteiger partial charge in [-0.15, -0.1) is 11.3 Å². The molecule has 0 atom stereocenters. The van der Waals surface area contributed by atoms with E-state index in [0.717, 1.165) is 0 Å². The van der Waals surface area contributed by atoms with Crippen LogP contribution in [0.15, 0.2) is 152 Å². The highest BCUT2D eigenvalue weighted by atomic mass is 127. The fraction of sp³-hybridized carbons (Fsp3) is 0. The van der Waals surface area contributed by atoms with Gasteiger partial charge in [0.15, 0.2) is 0 Å². The van der Waals surface area contributed by atoms with E-state index in [4.69, 9.17) is 0 Å². The Morgan fingerprint density at radius 3 is 1.31 bits per heavy atom. The van der Waals surface area contributed by atoms with Gasteiger partial charge in [0.25, 0.3) is 0 Å². The Hall–Kier alpha value is -4.25. The summed E-state index contributed by atoms with van der Waals surface area (Å²) in [5.41, 5.74) is 9.94. The average molecular weight is 665 g/mol. The molecule has 0 bridgehead atoms.